The molecule has 5 heteroatoms. The Balaban J connectivity index is 0. The minimum absolute atomic E-state index is 0.195. The second kappa shape index (κ2) is 19.4. The summed E-state index contributed by atoms with van der Waals surface area (Å²) in [6.45, 7) is 3.01. The second-order valence-corrected chi connectivity index (χ2v) is 2.75. The zero-order valence-electron chi connectivity index (χ0n) is 9.78. The summed E-state index contributed by atoms with van der Waals surface area (Å²) in [7, 11) is 3.30. The fourth-order valence-corrected chi connectivity index (χ4v) is 0.610. The van der Waals surface area contributed by atoms with Crippen LogP contribution >= 0.6 is 0 Å². The summed E-state index contributed by atoms with van der Waals surface area (Å²) in [4.78, 5) is 0. The molecule has 0 spiro atoms. The number of methoxy groups -OCH3 is 2. The zero-order chi connectivity index (χ0) is 11.8. The lowest BCUT2D eigenvalue weighted by Gasteiger charge is -2.00. The van der Waals surface area contributed by atoms with Crippen LogP contribution in [0.5, 0.6) is 0 Å². The average molecular weight is 224 g/mol. The van der Waals surface area contributed by atoms with Crippen molar-refractivity contribution in [1.29, 1.82) is 0 Å². The van der Waals surface area contributed by atoms with E-state index in [2.05, 4.69) is 0 Å². The first kappa shape index (κ1) is 17.2. The molecule has 0 aliphatic rings. The van der Waals surface area contributed by atoms with Gasteiger partial charge in [0, 0.05) is 27.4 Å². The first-order valence-corrected chi connectivity index (χ1v) is 5.10. The molecule has 0 heterocycles. The van der Waals surface area contributed by atoms with E-state index in [9.17, 15) is 0 Å². The van der Waals surface area contributed by atoms with Crippen LogP contribution in [0, 0.1) is 0 Å². The van der Waals surface area contributed by atoms with Crippen LogP contribution in [0.2, 0.25) is 0 Å². The highest BCUT2D eigenvalue weighted by molar-refractivity contribution is 4.30. The van der Waals surface area contributed by atoms with Gasteiger partial charge in [0.15, 0.2) is 0 Å². The molecule has 0 rings (SSSR count). The number of ether oxygens (including phenoxy) is 3. The summed E-state index contributed by atoms with van der Waals surface area (Å²) in [5.74, 6) is 0. The lowest BCUT2D eigenvalue weighted by atomic mass is 10.3. The topological polar surface area (TPSA) is 68.2 Å². The van der Waals surface area contributed by atoms with Crippen molar-refractivity contribution in [3.63, 3.8) is 0 Å². The molecule has 0 aromatic rings. The Kier molecular flexibility index (Phi) is 22.2. The SMILES string of the molecule is COCCOCCOC.OCCCCO. The molecule has 0 unspecified atom stereocenters. The molecular formula is C10H24O5. The molecule has 0 saturated carbocycles. The molecule has 0 aliphatic heterocycles. The van der Waals surface area contributed by atoms with Gasteiger partial charge in [-0.15, -0.1) is 0 Å². The molecular weight excluding hydrogens is 200 g/mol. The van der Waals surface area contributed by atoms with E-state index in [1.54, 1.807) is 14.2 Å². The standard InChI is InChI=1S/C6H14O3.C4H10O2/c1-7-3-5-9-6-4-8-2;5-3-1-2-4-6/h3-6H2,1-2H3;5-6H,1-4H2. The van der Waals surface area contributed by atoms with E-state index in [4.69, 9.17) is 24.4 Å². The molecule has 2 N–H and O–H groups in total. The van der Waals surface area contributed by atoms with E-state index >= 15 is 0 Å². The van der Waals surface area contributed by atoms with Crippen molar-refractivity contribution in [3.05, 3.63) is 0 Å². The number of rotatable bonds is 9. The van der Waals surface area contributed by atoms with Crippen molar-refractivity contribution in [2.24, 2.45) is 0 Å². The Morgan fingerprint density at radius 3 is 1.40 bits per heavy atom. The van der Waals surface area contributed by atoms with Crippen LogP contribution in [0.1, 0.15) is 12.8 Å². The summed E-state index contributed by atoms with van der Waals surface area (Å²) < 4.78 is 14.6. The van der Waals surface area contributed by atoms with Crippen molar-refractivity contribution in [3.8, 4) is 0 Å². The third kappa shape index (κ3) is 24.8. The maximum Gasteiger partial charge on any atom is 0.0701 e. The molecule has 94 valence electrons. The van der Waals surface area contributed by atoms with Crippen molar-refractivity contribution < 1.29 is 24.4 Å². The number of hydrogen-bond acceptors (Lipinski definition) is 5. The monoisotopic (exact) mass is 224 g/mol. The minimum Gasteiger partial charge on any atom is -0.396 e. The molecule has 0 aliphatic carbocycles. The highest BCUT2D eigenvalue weighted by Gasteiger charge is 1.84. The van der Waals surface area contributed by atoms with E-state index in [1.807, 2.05) is 0 Å². The lowest BCUT2D eigenvalue weighted by Crippen LogP contribution is -2.06. The van der Waals surface area contributed by atoms with E-state index in [0.717, 1.165) is 12.8 Å². The Morgan fingerprint density at radius 2 is 1.13 bits per heavy atom. The molecule has 0 amide bonds. The zero-order valence-corrected chi connectivity index (χ0v) is 9.78. The molecule has 5 nitrogen and oxygen atoms in total. The van der Waals surface area contributed by atoms with Crippen molar-refractivity contribution in [2.75, 3.05) is 53.9 Å². The van der Waals surface area contributed by atoms with Gasteiger partial charge in [-0.05, 0) is 12.8 Å². The molecule has 0 fully saturated rings. The van der Waals surface area contributed by atoms with Gasteiger partial charge in [-0.1, -0.05) is 0 Å². The van der Waals surface area contributed by atoms with Gasteiger partial charge < -0.3 is 24.4 Å². The van der Waals surface area contributed by atoms with Crippen LogP contribution in [0.4, 0.5) is 0 Å². The normalized spacial score (nSPS) is 9.60. The number of unbranched alkanes of at least 4 members (excludes halogenated alkanes) is 1. The van der Waals surface area contributed by atoms with Gasteiger partial charge in [-0.25, -0.2) is 0 Å². The summed E-state index contributed by atoms with van der Waals surface area (Å²) in [6, 6.07) is 0. The molecule has 15 heavy (non-hydrogen) atoms. The predicted octanol–water partition coefficient (Wildman–Crippen LogP) is 0.0470. The highest BCUT2D eigenvalue weighted by atomic mass is 16.5. The van der Waals surface area contributed by atoms with Crippen LogP contribution in [0.15, 0.2) is 0 Å². The van der Waals surface area contributed by atoms with E-state index < -0.39 is 0 Å². The van der Waals surface area contributed by atoms with E-state index in [0.29, 0.717) is 26.4 Å². The fraction of sp³-hybridized carbons (Fsp3) is 1.00. The van der Waals surface area contributed by atoms with Gasteiger partial charge in [-0.3, -0.25) is 0 Å². The smallest absolute Gasteiger partial charge is 0.0701 e. The molecule has 0 atom stereocenters. The van der Waals surface area contributed by atoms with Crippen LogP contribution in [0.25, 0.3) is 0 Å². The van der Waals surface area contributed by atoms with E-state index in [1.165, 1.54) is 0 Å². The average Bonchev–Trinajstić information content (AvgIpc) is 2.27. The number of hydrogen-bond donors (Lipinski definition) is 2. The van der Waals surface area contributed by atoms with Gasteiger partial charge >= 0.3 is 0 Å². The van der Waals surface area contributed by atoms with Crippen LogP contribution < -0.4 is 0 Å². The first-order chi connectivity index (χ1) is 7.33. The van der Waals surface area contributed by atoms with Crippen molar-refractivity contribution >= 4 is 0 Å². The third-order valence-electron chi connectivity index (χ3n) is 1.43. The highest BCUT2D eigenvalue weighted by Crippen LogP contribution is 1.80. The van der Waals surface area contributed by atoms with Crippen molar-refractivity contribution in [2.45, 2.75) is 12.8 Å². The second-order valence-electron chi connectivity index (χ2n) is 2.75. The predicted molar refractivity (Wildman–Crippen MR) is 58.0 cm³/mol. The van der Waals surface area contributed by atoms with E-state index in [-0.39, 0.29) is 13.2 Å². The number of aliphatic hydroxyl groups is 2. The van der Waals surface area contributed by atoms with Crippen LogP contribution in [-0.2, 0) is 14.2 Å². The molecule has 0 aromatic carbocycles. The quantitative estimate of drug-likeness (QED) is 0.542. The van der Waals surface area contributed by atoms with Gasteiger partial charge in [0.2, 0.25) is 0 Å². The molecule has 0 aromatic heterocycles. The maximum absolute atomic E-state index is 8.09. The lowest BCUT2D eigenvalue weighted by molar-refractivity contribution is 0.0385. The van der Waals surface area contributed by atoms with Crippen LogP contribution in [0.3, 0.4) is 0 Å². The fourth-order valence-electron chi connectivity index (χ4n) is 0.610. The summed E-state index contributed by atoms with van der Waals surface area (Å²) in [5, 5.41) is 16.2. The Bertz CT molecular complexity index is 79.9. The van der Waals surface area contributed by atoms with Crippen LogP contribution in [-0.4, -0.2) is 64.1 Å². The summed E-state index contributed by atoms with van der Waals surface area (Å²) in [6.07, 6.45) is 1.44. The molecule has 0 saturated heterocycles. The van der Waals surface area contributed by atoms with Gasteiger partial charge in [0.25, 0.3) is 0 Å². The summed E-state index contributed by atoms with van der Waals surface area (Å²) in [5.41, 5.74) is 0. The largest absolute Gasteiger partial charge is 0.396 e. The molecule has 0 radical (unpaired) electrons. The summed E-state index contributed by atoms with van der Waals surface area (Å²) >= 11 is 0. The van der Waals surface area contributed by atoms with Gasteiger partial charge in [0.05, 0.1) is 26.4 Å². The third-order valence-corrected chi connectivity index (χ3v) is 1.43. The Hall–Kier alpha value is -0.200. The van der Waals surface area contributed by atoms with Gasteiger partial charge in [0.1, 0.15) is 0 Å². The number of aliphatic hydroxyl groups excluding tert-OH is 2. The first-order valence-electron chi connectivity index (χ1n) is 5.10. The molecule has 0 bridgehead atoms. The maximum atomic E-state index is 8.09. The Labute approximate surface area is 92.0 Å². The van der Waals surface area contributed by atoms with Gasteiger partial charge in [-0.2, -0.15) is 0 Å². The van der Waals surface area contributed by atoms with Crippen molar-refractivity contribution in [1.82, 2.24) is 0 Å². The Morgan fingerprint density at radius 1 is 0.733 bits per heavy atom. The minimum atomic E-state index is 0.195.